The minimum absolute atomic E-state index is 0.463. The van der Waals surface area contributed by atoms with Gasteiger partial charge in [-0.15, -0.1) is 11.3 Å². The molecule has 0 aromatic carbocycles. The molecule has 3 nitrogen and oxygen atoms in total. The van der Waals surface area contributed by atoms with Crippen LogP contribution < -0.4 is 0 Å². The maximum Gasteiger partial charge on any atom is 0.0937 e. The second-order valence-corrected chi connectivity index (χ2v) is 7.07. The van der Waals surface area contributed by atoms with Gasteiger partial charge in [-0.25, -0.2) is 0 Å². The Kier molecular flexibility index (Phi) is 5.04. The molecule has 1 N–H and O–H groups in total. The number of hydrogen-bond acceptors (Lipinski definition) is 3. The average Bonchev–Trinajstić information content (AvgIpc) is 2.92. The maximum atomic E-state index is 10.5. The van der Waals surface area contributed by atoms with Crippen molar-refractivity contribution in [1.82, 2.24) is 9.78 Å². The Bertz CT molecular complexity index is 584. The summed E-state index contributed by atoms with van der Waals surface area (Å²) in [4.78, 5) is 2.31. The summed E-state index contributed by atoms with van der Waals surface area (Å²) in [6.45, 7) is 9.18. The van der Waals surface area contributed by atoms with E-state index in [2.05, 4.69) is 54.8 Å². The molecule has 0 bridgehead atoms. The van der Waals surface area contributed by atoms with Gasteiger partial charge in [0.25, 0.3) is 0 Å². The fourth-order valence-electron chi connectivity index (χ4n) is 2.26. The monoisotopic (exact) mass is 356 g/mol. The molecule has 0 saturated heterocycles. The standard InChI is InChI=1S/C15H21BrN2OS/c1-5-11-15(16)12(18(6-2)17-11)8-13(19)14-7-9(3)10(4)20-14/h7,13,19H,5-6,8H2,1-4H3. The molecule has 20 heavy (non-hydrogen) atoms. The van der Waals surface area contributed by atoms with Gasteiger partial charge < -0.3 is 5.11 Å². The number of thiophene rings is 1. The van der Waals surface area contributed by atoms with Crippen LogP contribution in [0.3, 0.4) is 0 Å². The van der Waals surface area contributed by atoms with Crippen LogP contribution in [-0.2, 0) is 19.4 Å². The molecule has 0 fully saturated rings. The van der Waals surface area contributed by atoms with Crippen LogP contribution in [0.2, 0.25) is 0 Å². The first-order valence-corrected chi connectivity index (χ1v) is 8.57. The van der Waals surface area contributed by atoms with Crippen molar-refractivity contribution in [1.29, 1.82) is 0 Å². The van der Waals surface area contributed by atoms with Gasteiger partial charge in [0.15, 0.2) is 0 Å². The number of halogens is 1. The summed E-state index contributed by atoms with van der Waals surface area (Å²) >= 11 is 5.31. The minimum Gasteiger partial charge on any atom is -0.387 e. The van der Waals surface area contributed by atoms with Crippen molar-refractivity contribution in [3.63, 3.8) is 0 Å². The molecule has 0 aliphatic carbocycles. The van der Waals surface area contributed by atoms with Gasteiger partial charge in [-0.2, -0.15) is 5.10 Å². The van der Waals surface area contributed by atoms with Crippen molar-refractivity contribution < 1.29 is 5.11 Å². The number of aliphatic hydroxyl groups is 1. The highest BCUT2D eigenvalue weighted by Crippen LogP contribution is 2.31. The second kappa shape index (κ2) is 6.41. The summed E-state index contributed by atoms with van der Waals surface area (Å²) in [5.74, 6) is 0. The molecule has 2 heterocycles. The van der Waals surface area contributed by atoms with Crippen molar-refractivity contribution in [3.8, 4) is 0 Å². The molecule has 110 valence electrons. The van der Waals surface area contributed by atoms with E-state index >= 15 is 0 Å². The lowest BCUT2D eigenvalue weighted by Crippen LogP contribution is -2.08. The van der Waals surface area contributed by atoms with Crippen molar-refractivity contribution in [3.05, 3.63) is 37.2 Å². The summed E-state index contributed by atoms with van der Waals surface area (Å²) < 4.78 is 3.03. The third-order valence-corrected chi connectivity index (χ3v) is 5.76. The summed E-state index contributed by atoms with van der Waals surface area (Å²) in [7, 11) is 0. The van der Waals surface area contributed by atoms with Crippen LogP contribution in [0.4, 0.5) is 0 Å². The Hall–Kier alpha value is -0.650. The third kappa shape index (κ3) is 3.00. The summed E-state index contributed by atoms with van der Waals surface area (Å²) in [6, 6.07) is 2.09. The number of aromatic nitrogens is 2. The molecule has 1 unspecified atom stereocenters. The molecule has 1 atom stereocenters. The van der Waals surface area contributed by atoms with Gasteiger partial charge in [0.2, 0.25) is 0 Å². The molecule has 0 spiro atoms. The van der Waals surface area contributed by atoms with E-state index in [9.17, 15) is 5.11 Å². The molecule has 2 rings (SSSR count). The summed E-state index contributed by atoms with van der Waals surface area (Å²) in [5.41, 5.74) is 3.40. The van der Waals surface area contributed by atoms with Crippen LogP contribution in [-0.4, -0.2) is 14.9 Å². The van der Waals surface area contributed by atoms with Crippen LogP contribution in [0.15, 0.2) is 10.5 Å². The minimum atomic E-state index is -0.463. The normalized spacial score (nSPS) is 12.9. The van der Waals surface area contributed by atoms with Crippen LogP contribution in [0.25, 0.3) is 0 Å². The van der Waals surface area contributed by atoms with Gasteiger partial charge in [-0.3, -0.25) is 4.68 Å². The van der Waals surface area contributed by atoms with E-state index in [0.29, 0.717) is 6.42 Å². The lowest BCUT2D eigenvalue weighted by atomic mass is 10.1. The molecular formula is C15H21BrN2OS. The Labute approximate surface area is 132 Å². The Morgan fingerprint density at radius 2 is 2.10 bits per heavy atom. The zero-order valence-electron chi connectivity index (χ0n) is 12.4. The van der Waals surface area contributed by atoms with Crippen LogP contribution in [0, 0.1) is 13.8 Å². The quantitative estimate of drug-likeness (QED) is 0.872. The number of aryl methyl sites for hydroxylation is 4. The Balaban J connectivity index is 2.27. The smallest absolute Gasteiger partial charge is 0.0937 e. The predicted molar refractivity (Wildman–Crippen MR) is 87.4 cm³/mol. The number of hydrogen-bond donors (Lipinski definition) is 1. The zero-order chi connectivity index (χ0) is 14.9. The van der Waals surface area contributed by atoms with Gasteiger partial charge in [0.1, 0.15) is 0 Å². The lowest BCUT2D eigenvalue weighted by Gasteiger charge is -2.10. The van der Waals surface area contributed by atoms with Crippen LogP contribution in [0.1, 0.15) is 46.7 Å². The van der Waals surface area contributed by atoms with Crippen molar-refractivity contribution >= 4 is 27.3 Å². The molecule has 2 aromatic heterocycles. The van der Waals surface area contributed by atoms with Crippen molar-refractivity contribution in [2.45, 2.75) is 53.2 Å². The molecular weight excluding hydrogens is 336 g/mol. The molecule has 0 saturated carbocycles. The van der Waals surface area contributed by atoms with Gasteiger partial charge in [0, 0.05) is 22.7 Å². The highest BCUT2D eigenvalue weighted by Gasteiger charge is 2.19. The van der Waals surface area contributed by atoms with Gasteiger partial charge in [0.05, 0.1) is 22.0 Å². The van der Waals surface area contributed by atoms with Crippen LogP contribution >= 0.6 is 27.3 Å². The fraction of sp³-hybridized carbons (Fsp3) is 0.533. The zero-order valence-corrected chi connectivity index (χ0v) is 14.8. The molecule has 0 amide bonds. The van der Waals surface area contributed by atoms with Crippen molar-refractivity contribution in [2.24, 2.45) is 0 Å². The Morgan fingerprint density at radius 3 is 2.60 bits per heavy atom. The van der Waals surface area contributed by atoms with Crippen molar-refractivity contribution in [2.75, 3.05) is 0 Å². The van der Waals surface area contributed by atoms with E-state index in [1.807, 2.05) is 4.68 Å². The topological polar surface area (TPSA) is 38.0 Å². The number of nitrogens with zero attached hydrogens (tertiary/aromatic N) is 2. The third-order valence-electron chi connectivity index (χ3n) is 3.59. The maximum absolute atomic E-state index is 10.5. The largest absolute Gasteiger partial charge is 0.387 e. The highest BCUT2D eigenvalue weighted by atomic mass is 79.9. The van der Waals surface area contributed by atoms with E-state index < -0.39 is 6.10 Å². The number of aliphatic hydroxyl groups excluding tert-OH is 1. The molecule has 0 radical (unpaired) electrons. The lowest BCUT2D eigenvalue weighted by molar-refractivity contribution is 0.179. The highest BCUT2D eigenvalue weighted by molar-refractivity contribution is 9.10. The van der Waals surface area contributed by atoms with E-state index in [-0.39, 0.29) is 0 Å². The van der Waals surface area contributed by atoms with Crippen LogP contribution in [0.5, 0.6) is 0 Å². The molecule has 0 aliphatic rings. The van der Waals surface area contributed by atoms with Gasteiger partial charge in [-0.05, 0) is 54.8 Å². The second-order valence-electron chi connectivity index (χ2n) is 4.98. The summed E-state index contributed by atoms with van der Waals surface area (Å²) in [5, 5.41) is 15.1. The fourth-order valence-corrected chi connectivity index (χ4v) is 4.02. The Morgan fingerprint density at radius 1 is 1.40 bits per heavy atom. The predicted octanol–water partition coefficient (Wildman–Crippen LogP) is 4.18. The first-order valence-electron chi connectivity index (χ1n) is 6.96. The van der Waals surface area contributed by atoms with E-state index in [0.717, 1.165) is 33.7 Å². The molecule has 5 heteroatoms. The average molecular weight is 357 g/mol. The van der Waals surface area contributed by atoms with Gasteiger partial charge in [-0.1, -0.05) is 6.92 Å². The van der Waals surface area contributed by atoms with E-state index in [4.69, 9.17) is 0 Å². The molecule has 2 aromatic rings. The first kappa shape index (κ1) is 15.7. The number of rotatable bonds is 5. The van der Waals surface area contributed by atoms with Gasteiger partial charge >= 0.3 is 0 Å². The SMILES string of the molecule is CCc1nn(CC)c(CC(O)c2cc(C)c(C)s2)c1Br. The van der Waals surface area contributed by atoms with E-state index in [1.54, 1.807) is 11.3 Å². The summed E-state index contributed by atoms with van der Waals surface area (Å²) in [6.07, 6.45) is 1.03. The van der Waals surface area contributed by atoms with E-state index in [1.165, 1.54) is 10.4 Å². The molecule has 0 aliphatic heterocycles. The first-order chi connectivity index (χ1) is 9.47.